The first-order valence-electron chi connectivity index (χ1n) is 10.2. The van der Waals surface area contributed by atoms with Gasteiger partial charge in [-0.05, 0) is 20.8 Å². The second-order valence-corrected chi connectivity index (χ2v) is 6.88. The van der Waals surface area contributed by atoms with Gasteiger partial charge in [0, 0.05) is 0 Å². The predicted molar refractivity (Wildman–Crippen MR) is 104 cm³/mol. The fourth-order valence-electron chi connectivity index (χ4n) is 2.85. The Labute approximate surface area is 151 Å². The molecule has 0 rings (SSSR count). The predicted octanol–water partition coefficient (Wildman–Crippen LogP) is 5.01. The molecule has 4 heteroatoms. The fourth-order valence-corrected chi connectivity index (χ4v) is 2.85. The van der Waals surface area contributed by atoms with E-state index >= 15 is 0 Å². The van der Waals surface area contributed by atoms with E-state index in [1.165, 1.54) is 103 Å². The van der Waals surface area contributed by atoms with Gasteiger partial charge in [-0.2, -0.15) is 0 Å². The van der Waals surface area contributed by atoms with Crippen molar-refractivity contribution in [3.8, 4) is 0 Å². The number of unbranched alkanes of at least 4 members (excludes halogenated alkanes) is 11. The van der Waals surface area contributed by atoms with Gasteiger partial charge in [-0.15, -0.1) is 0 Å². The molecule has 0 aliphatic rings. The monoisotopic (exact) mass is 347 g/mol. The van der Waals surface area contributed by atoms with Crippen LogP contribution in [0.2, 0.25) is 0 Å². The quantitative estimate of drug-likeness (QED) is 0.305. The van der Waals surface area contributed by atoms with Crippen molar-refractivity contribution in [2.24, 2.45) is 0 Å². The number of aliphatic hydroxyl groups excluding tert-OH is 3. The van der Waals surface area contributed by atoms with E-state index in [9.17, 15) is 0 Å². The Bertz CT molecular complexity index is 202. The van der Waals surface area contributed by atoms with Crippen LogP contribution in [0.1, 0.15) is 112 Å². The summed E-state index contributed by atoms with van der Waals surface area (Å²) in [6.45, 7) is 9.03. The highest BCUT2D eigenvalue weighted by atomic mass is 16.4. The molecular formula is C20H45NO3. The molecule has 0 aliphatic carbocycles. The minimum atomic E-state index is -0.833. The summed E-state index contributed by atoms with van der Waals surface area (Å²) < 4.78 is 0. The van der Waals surface area contributed by atoms with Crippen LogP contribution in [0.15, 0.2) is 0 Å². The average Bonchev–Trinajstić information content (AvgIpc) is 2.48. The second kappa shape index (κ2) is 19.2. The molecule has 3 atom stereocenters. The van der Waals surface area contributed by atoms with E-state index in [0.29, 0.717) is 0 Å². The molecule has 0 spiro atoms. The van der Waals surface area contributed by atoms with Crippen molar-refractivity contribution in [2.45, 2.75) is 130 Å². The van der Waals surface area contributed by atoms with Crippen LogP contribution in [-0.2, 0) is 0 Å². The van der Waals surface area contributed by atoms with E-state index < -0.39 is 18.7 Å². The third-order valence-corrected chi connectivity index (χ3v) is 4.25. The van der Waals surface area contributed by atoms with Crippen molar-refractivity contribution in [1.82, 2.24) is 4.90 Å². The van der Waals surface area contributed by atoms with Crippen LogP contribution in [0.25, 0.3) is 0 Å². The van der Waals surface area contributed by atoms with Crippen LogP contribution in [0, 0.1) is 0 Å². The van der Waals surface area contributed by atoms with Crippen molar-refractivity contribution in [2.75, 3.05) is 0 Å². The third-order valence-electron chi connectivity index (χ3n) is 4.25. The molecule has 4 nitrogen and oxygen atoms in total. The lowest BCUT2D eigenvalue weighted by molar-refractivity contribution is -0.159. The maximum Gasteiger partial charge on any atom is 0.108 e. The third kappa shape index (κ3) is 18.2. The highest BCUT2D eigenvalue weighted by Crippen LogP contribution is 2.11. The minimum Gasteiger partial charge on any atom is -0.379 e. The van der Waals surface area contributed by atoms with E-state index in [-0.39, 0.29) is 0 Å². The van der Waals surface area contributed by atoms with E-state index in [4.69, 9.17) is 15.3 Å². The molecule has 0 aromatic carbocycles. The Balaban J connectivity index is 0. The van der Waals surface area contributed by atoms with Crippen molar-refractivity contribution in [1.29, 1.82) is 0 Å². The Morgan fingerprint density at radius 2 is 0.708 bits per heavy atom. The molecule has 0 radical (unpaired) electrons. The standard InChI is InChI=1S/C14H30.C6H15NO3/c1-3-5-7-9-11-13-14-12-10-8-6-4-2;1-4(8)7(5(2)9)6(3)10/h3-14H2,1-2H3;4-6,8-10H,1-3H3. The van der Waals surface area contributed by atoms with Crippen molar-refractivity contribution in [3.63, 3.8) is 0 Å². The maximum absolute atomic E-state index is 8.96. The van der Waals surface area contributed by atoms with Gasteiger partial charge >= 0.3 is 0 Å². The Hall–Kier alpha value is -0.160. The van der Waals surface area contributed by atoms with Gasteiger partial charge in [0.2, 0.25) is 0 Å². The van der Waals surface area contributed by atoms with Crippen molar-refractivity contribution >= 4 is 0 Å². The molecule has 0 amide bonds. The van der Waals surface area contributed by atoms with Crippen LogP contribution < -0.4 is 0 Å². The summed E-state index contributed by atoms with van der Waals surface area (Å²) in [5, 5.41) is 26.9. The van der Waals surface area contributed by atoms with Gasteiger partial charge < -0.3 is 15.3 Å². The highest BCUT2D eigenvalue weighted by Gasteiger charge is 2.20. The molecule has 3 N–H and O–H groups in total. The normalized spacial score (nSPS) is 14.9. The van der Waals surface area contributed by atoms with E-state index in [1.807, 2.05) is 0 Å². The number of hydrogen-bond donors (Lipinski definition) is 3. The molecule has 0 saturated heterocycles. The minimum absolute atomic E-state index is 0.833. The molecule has 3 unspecified atom stereocenters. The SMILES string of the molecule is CC(O)N(C(C)O)C(C)O.CCCCCCCCCCCCCC. The molecule has 0 aliphatic heterocycles. The van der Waals surface area contributed by atoms with Crippen molar-refractivity contribution in [3.05, 3.63) is 0 Å². The Morgan fingerprint density at radius 3 is 0.833 bits per heavy atom. The summed E-state index contributed by atoms with van der Waals surface area (Å²) in [5.74, 6) is 0. The molecular weight excluding hydrogens is 302 g/mol. The Morgan fingerprint density at radius 1 is 0.500 bits per heavy atom. The largest absolute Gasteiger partial charge is 0.379 e. The van der Waals surface area contributed by atoms with Gasteiger partial charge in [-0.3, -0.25) is 0 Å². The topological polar surface area (TPSA) is 63.9 Å². The molecule has 0 fully saturated rings. The smallest absolute Gasteiger partial charge is 0.108 e. The van der Waals surface area contributed by atoms with E-state index in [0.717, 1.165) is 0 Å². The summed E-state index contributed by atoms with van der Waals surface area (Å²) in [7, 11) is 0. The first-order valence-corrected chi connectivity index (χ1v) is 10.2. The number of aliphatic hydroxyl groups is 3. The molecule has 0 saturated carbocycles. The number of nitrogens with zero attached hydrogens (tertiary/aromatic N) is 1. The Kier molecular flexibility index (Phi) is 20.8. The average molecular weight is 348 g/mol. The van der Waals surface area contributed by atoms with Crippen LogP contribution in [0.3, 0.4) is 0 Å². The lowest BCUT2D eigenvalue weighted by atomic mass is 10.1. The summed E-state index contributed by atoms with van der Waals surface area (Å²) in [4.78, 5) is 1.17. The maximum atomic E-state index is 8.96. The lowest BCUT2D eigenvalue weighted by Crippen LogP contribution is -2.45. The highest BCUT2D eigenvalue weighted by molar-refractivity contribution is 4.58. The molecule has 0 aromatic heterocycles. The summed E-state index contributed by atoms with van der Waals surface area (Å²) in [6, 6.07) is 0. The number of rotatable bonds is 14. The van der Waals surface area contributed by atoms with Gasteiger partial charge in [0.25, 0.3) is 0 Å². The second-order valence-electron chi connectivity index (χ2n) is 6.88. The van der Waals surface area contributed by atoms with Gasteiger partial charge in [0.15, 0.2) is 0 Å². The first-order chi connectivity index (χ1) is 11.4. The van der Waals surface area contributed by atoms with E-state index in [1.54, 1.807) is 0 Å². The van der Waals surface area contributed by atoms with Crippen LogP contribution >= 0.6 is 0 Å². The van der Waals surface area contributed by atoms with Crippen LogP contribution in [0.5, 0.6) is 0 Å². The van der Waals surface area contributed by atoms with Gasteiger partial charge in [-0.1, -0.05) is 90.9 Å². The first kappa shape index (κ1) is 26.1. The van der Waals surface area contributed by atoms with Crippen LogP contribution in [-0.4, -0.2) is 38.9 Å². The number of hydrogen-bond acceptors (Lipinski definition) is 4. The van der Waals surface area contributed by atoms with Crippen molar-refractivity contribution < 1.29 is 15.3 Å². The molecule has 0 bridgehead atoms. The lowest BCUT2D eigenvalue weighted by Gasteiger charge is -2.30. The molecule has 0 aromatic rings. The zero-order valence-corrected chi connectivity index (χ0v) is 17.0. The summed E-state index contributed by atoms with van der Waals surface area (Å²) >= 11 is 0. The fraction of sp³-hybridized carbons (Fsp3) is 1.00. The van der Waals surface area contributed by atoms with Crippen LogP contribution in [0.4, 0.5) is 0 Å². The molecule has 24 heavy (non-hydrogen) atoms. The molecule has 148 valence electrons. The van der Waals surface area contributed by atoms with E-state index in [2.05, 4.69) is 13.8 Å². The zero-order chi connectivity index (χ0) is 18.8. The van der Waals surface area contributed by atoms with Gasteiger partial charge in [0.1, 0.15) is 18.7 Å². The molecule has 0 heterocycles. The van der Waals surface area contributed by atoms with Gasteiger partial charge in [-0.25, -0.2) is 4.90 Å². The zero-order valence-electron chi connectivity index (χ0n) is 17.0. The van der Waals surface area contributed by atoms with Gasteiger partial charge in [0.05, 0.1) is 0 Å². The summed E-state index contributed by atoms with van der Waals surface area (Å²) in [5.41, 5.74) is 0. The summed E-state index contributed by atoms with van der Waals surface area (Å²) in [6.07, 6.45) is 14.9.